The van der Waals surface area contributed by atoms with Crippen LogP contribution in [0.5, 0.6) is 0 Å². The van der Waals surface area contributed by atoms with Gasteiger partial charge in [-0.3, -0.25) is 0 Å². The smallest absolute Gasteiger partial charge is 0.109 e. The van der Waals surface area contributed by atoms with E-state index < -0.39 is 0 Å². The summed E-state index contributed by atoms with van der Waals surface area (Å²) >= 11 is 1.73. The molecular formula is C16H20N4S. The van der Waals surface area contributed by atoms with E-state index in [4.69, 9.17) is 10.7 Å². The lowest BCUT2D eigenvalue weighted by Gasteiger charge is -2.07. The van der Waals surface area contributed by atoms with Gasteiger partial charge >= 0.3 is 0 Å². The highest BCUT2D eigenvalue weighted by Gasteiger charge is 2.11. The number of nitrogens with zero attached hydrogens (tertiary/aromatic N) is 3. The number of rotatable bonds is 5. The predicted octanol–water partition coefficient (Wildman–Crippen LogP) is 3.58. The summed E-state index contributed by atoms with van der Waals surface area (Å²) in [6, 6.07) is 5.98. The highest BCUT2D eigenvalue weighted by Crippen LogP contribution is 2.21. The van der Waals surface area contributed by atoms with Crippen molar-refractivity contribution in [2.24, 2.45) is 0 Å². The first kappa shape index (κ1) is 14.1. The fourth-order valence-corrected chi connectivity index (χ4v) is 3.35. The van der Waals surface area contributed by atoms with Gasteiger partial charge in [-0.15, -0.1) is 11.3 Å². The normalized spacial score (nSPS) is 11.3. The minimum atomic E-state index is 0.769. The number of hydrogen-bond acceptors (Lipinski definition) is 4. The Balaban J connectivity index is 1.92. The first-order chi connectivity index (χ1) is 10.2. The molecule has 0 aliphatic carbocycles. The second-order valence-corrected chi connectivity index (χ2v) is 6.25. The number of aromatic nitrogens is 3. The minimum absolute atomic E-state index is 0.769. The Morgan fingerprint density at radius 3 is 2.81 bits per heavy atom. The lowest BCUT2D eigenvalue weighted by molar-refractivity contribution is 0.656. The van der Waals surface area contributed by atoms with Gasteiger partial charge in [-0.2, -0.15) is 0 Å². The molecule has 21 heavy (non-hydrogen) atoms. The van der Waals surface area contributed by atoms with Crippen LogP contribution < -0.4 is 5.73 Å². The number of aryl methyl sites for hydroxylation is 4. The molecule has 0 aliphatic heterocycles. The zero-order chi connectivity index (χ0) is 14.8. The van der Waals surface area contributed by atoms with Crippen LogP contribution in [0.1, 0.15) is 29.9 Å². The van der Waals surface area contributed by atoms with E-state index in [0.29, 0.717) is 0 Å². The molecular weight excluding hydrogens is 280 g/mol. The third-order valence-corrected chi connectivity index (χ3v) is 4.57. The summed E-state index contributed by atoms with van der Waals surface area (Å²) in [5.41, 5.74) is 9.90. The molecule has 0 saturated heterocycles. The van der Waals surface area contributed by atoms with Gasteiger partial charge in [-0.25, -0.2) is 9.97 Å². The van der Waals surface area contributed by atoms with Crippen LogP contribution in [0.3, 0.4) is 0 Å². The number of imidazole rings is 1. The van der Waals surface area contributed by atoms with Gasteiger partial charge in [-0.1, -0.05) is 6.92 Å². The highest BCUT2D eigenvalue weighted by molar-refractivity contribution is 7.09. The summed E-state index contributed by atoms with van der Waals surface area (Å²) in [6.45, 7) is 5.14. The Morgan fingerprint density at radius 2 is 2.10 bits per heavy atom. The van der Waals surface area contributed by atoms with Crippen molar-refractivity contribution in [3.8, 4) is 0 Å². The van der Waals surface area contributed by atoms with Crippen molar-refractivity contribution < 1.29 is 0 Å². The molecule has 0 unspecified atom stereocenters. The predicted molar refractivity (Wildman–Crippen MR) is 88.7 cm³/mol. The van der Waals surface area contributed by atoms with Crippen LogP contribution in [-0.2, 0) is 19.4 Å². The molecule has 0 amide bonds. The van der Waals surface area contributed by atoms with Crippen LogP contribution in [-0.4, -0.2) is 14.5 Å². The van der Waals surface area contributed by atoms with Crippen LogP contribution in [0.25, 0.3) is 11.0 Å². The van der Waals surface area contributed by atoms with E-state index in [0.717, 1.165) is 48.5 Å². The Bertz CT molecular complexity index is 757. The molecule has 3 rings (SSSR count). The maximum Gasteiger partial charge on any atom is 0.109 e. The van der Waals surface area contributed by atoms with Crippen LogP contribution in [0.4, 0.5) is 5.69 Å². The summed E-state index contributed by atoms with van der Waals surface area (Å²) in [5, 5.41) is 3.29. The molecule has 0 radical (unpaired) electrons. The van der Waals surface area contributed by atoms with Gasteiger partial charge in [0.2, 0.25) is 0 Å². The molecule has 2 aromatic heterocycles. The zero-order valence-corrected chi connectivity index (χ0v) is 13.3. The molecule has 3 aromatic rings. The molecule has 0 fully saturated rings. The van der Waals surface area contributed by atoms with Crippen molar-refractivity contribution in [1.29, 1.82) is 0 Å². The molecule has 0 aliphatic rings. The maximum atomic E-state index is 5.87. The van der Waals surface area contributed by atoms with E-state index in [-0.39, 0.29) is 0 Å². The van der Waals surface area contributed by atoms with Crippen molar-refractivity contribution >= 4 is 28.1 Å². The Hall–Kier alpha value is -1.88. The molecule has 5 heteroatoms. The average molecular weight is 300 g/mol. The summed E-state index contributed by atoms with van der Waals surface area (Å²) in [6.07, 6.45) is 3.03. The fourth-order valence-electron chi connectivity index (χ4n) is 2.59. The average Bonchev–Trinajstić information content (AvgIpc) is 3.00. The topological polar surface area (TPSA) is 56.7 Å². The number of anilines is 1. The van der Waals surface area contributed by atoms with Gasteiger partial charge in [0, 0.05) is 36.1 Å². The number of nitrogens with two attached hydrogens (primary N) is 1. The lowest BCUT2D eigenvalue weighted by Crippen LogP contribution is -2.06. The number of nitrogen functional groups attached to an aromatic ring is 1. The Morgan fingerprint density at radius 1 is 1.24 bits per heavy atom. The van der Waals surface area contributed by atoms with E-state index in [1.165, 1.54) is 10.5 Å². The first-order valence-corrected chi connectivity index (χ1v) is 8.21. The van der Waals surface area contributed by atoms with Crippen molar-refractivity contribution in [2.75, 3.05) is 5.73 Å². The monoisotopic (exact) mass is 300 g/mol. The van der Waals surface area contributed by atoms with Crippen molar-refractivity contribution in [3.05, 3.63) is 40.1 Å². The van der Waals surface area contributed by atoms with Crippen molar-refractivity contribution in [3.63, 3.8) is 0 Å². The zero-order valence-electron chi connectivity index (χ0n) is 12.5. The van der Waals surface area contributed by atoms with Gasteiger partial charge in [-0.05, 0) is 31.5 Å². The highest BCUT2D eigenvalue weighted by atomic mass is 32.1. The van der Waals surface area contributed by atoms with Gasteiger partial charge in [0.05, 0.1) is 16.0 Å². The molecule has 0 saturated carbocycles. The van der Waals surface area contributed by atoms with Crippen molar-refractivity contribution in [2.45, 2.75) is 39.7 Å². The van der Waals surface area contributed by atoms with Gasteiger partial charge in [0.25, 0.3) is 0 Å². The molecule has 2 heterocycles. The number of benzene rings is 1. The third kappa shape index (κ3) is 2.93. The second kappa shape index (κ2) is 5.85. The fraction of sp³-hybridized carbons (Fsp3) is 0.375. The summed E-state index contributed by atoms with van der Waals surface area (Å²) < 4.78 is 2.31. The Labute approximate surface area is 128 Å². The summed E-state index contributed by atoms with van der Waals surface area (Å²) in [4.78, 5) is 9.29. The number of fused-ring (bicyclic) bond motifs is 1. The maximum absolute atomic E-state index is 5.87. The molecule has 0 atom stereocenters. The Kier molecular flexibility index (Phi) is 3.92. The second-order valence-electron chi connectivity index (χ2n) is 5.31. The molecule has 4 nitrogen and oxygen atoms in total. The van der Waals surface area contributed by atoms with Gasteiger partial charge < -0.3 is 10.3 Å². The minimum Gasteiger partial charge on any atom is -0.399 e. The SMILES string of the molecule is CCCc1nc2cc(N)ccc2n1CCc1nc(C)cs1. The summed E-state index contributed by atoms with van der Waals surface area (Å²) in [7, 11) is 0. The van der Waals surface area contributed by atoms with Crippen LogP contribution in [0.15, 0.2) is 23.6 Å². The standard InChI is InChI=1S/C16H20N4S/c1-3-4-15-19-13-9-12(17)5-6-14(13)20(15)8-7-16-18-11(2)10-21-16/h5-6,9-10H,3-4,7-8,17H2,1-2H3. The van der Waals surface area contributed by atoms with Crippen LogP contribution >= 0.6 is 11.3 Å². The van der Waals surface area contributed by atoms with E-state index in [9.17, 15) is 0 Å². The van der Waals surface area contributed by atoms with Crippen LogP contribution in [0.2, 0.25) is 0 Å². The number of thiazole rings is 1. The van der Waals surface area contributed by atoms with Crippen molar-refractivity contribution in [1.82, 2.24) is 14.5 Å². The molecule has 2 N–H and O–H groups in total. The van der Waals surface area contributed by atoms with E-state index in [2.05, 4.69) is 27.9 Å². The van der Waals surface area contributed by atoms with E-state index in [1.54, 1.807) is 11.3 Å². The number of hydrogen-bond donors (Lipinski definition) is 1. The third-order valence-electron chi connectivity index (χ3n) is 3.54. The van der Waals surface area contributed by atoms with Crippen LogP contribution in [0, 0.1) is 6.92 Å². The summed E-state index contributed by atoms with van der Waals surface area (Å²) in [5.74, 6) is 1.14. The first-order valence-electron chi connectivity index (χ1n) is 7.33. The molecule has 0 spiro atoms. The largest absolute Gasteiger partial charge is 0.399 e. The lowest BCUT2D eigenvalue weighted by atomic mass is 10.2. The molecule has 1 aromatic carbocycles. The van der Waals surface area contributed by atoms with Gasteiger partial charge in [0.1, 0.15) is 5.82 Å². The van der Waals surface area contributed by atoms with E-state index >= 15 is 0 Å². The van der Waals surface area contributed by atoms with E-state index in [1.807, 2.05) is 19.1 Å². The molecule has 0 bridgehead atoms. The molecule has 110 valence electrons. The van der Waals surface area contributed by atoms with Gasteiger partial charge in [0.15, 0.2) is 0 Å². The quantitative estimate of drug-likeness (QED) is 0.733.